The van der Waals surface area contributed by atoms with Crippen molar-refractivity contribution in [2.75, 3.05) is 0 Å². The first kappa shape index (κ1) is 21.3. The van der Waals surface area contributed by atoms with Gasteiger partial charge in [0.25, 0.3) is 5.91 Å². The minimum atomic E-state index is -5.09. The van der Waals surface area contributed by atoms with Gasteiger partial charge in [0.1, 0.15) is 6.04 Å². The molecule has 10 heteroatoms. The molecule has 0 saturated carbocycles. The third kappa shape index (κ3) is 5.48. The monoisotopic (exact) mass is 404 g/mol. The Morgan fingerprint density at radius 3 is 1.82 bits per heavy atom. The lowest BCUT2D eigenvalue weighted by atomic mass is 10.0. The lowest BCUT2D eigenvalue weighted by molar-refractivity contribution is -0.143. The Hall–Kier alpha value is -3.04. The van der Waals surface area contributed by atoms with E-state index >= 15 is 0 Å². The Kier molecular flexibility index (Phi) is 6.01. The molecule has 2 aromatic carbocycles. The molecule has 150 valence electrons. The number of benzene rings is 2. The van der Waals surface area contributed by atoms with E-state index < -0.39 is 46.9 Å². The van der Waals surface area contributed by atoms with E-state index in [4.69, 9.17) is 5.73 Å². The maximum absolute atomic E-state index is 12.9. The standard InChI is InChI=1S/C18H14F6N2O2/c19-17(20,21)12-7-11(8-13(9-12)18(22,23)24)16(28)26-14(15(25)27)6-10-4-2-1-3-5-10/h1-5,7-9,14H,6H2,(H2,25,27)(H,26,28). The van der Waals surface area contributed by atoms with Crippen molar-refractivity contribution in [3.05, 3.63) is 70.8 Å². The highest BCUT2D eigenvalue weighted by Crippen LogP contribution is 2.36. The smallest absolute Gasteiger partial charge is 0.368 e. The van der Waals surface area contributed by atoms with Gasteiger partial charge in [-0.1, -0.05) is 30.3 Å². The van der Waals surface area contributed by atoms with Crippen LogP contribution in [-0.4, -0.2) is 17.9 Å². The second-order valence-electron chi connectivity index (χ2n) is 5.91. The van der Waals surface area contributed by atoms with Gasteiger partial charge in [-0.15, -0.1) is 0 Å². The maximum Gasteiger partial charge on any atom is 0.416 e. The number of hydrogen-bond acceptors (Lipinski definition) is 2. The fourth-order valence-corrected chi connectivity index (χ4v) is 2.40. The summed E-state index contributed by atoms with van der Waals surface area (Å²) >= 11 is 0. The van der Waals surface area contributed by atoms with Crippen LogP contribution < -0.4 is 11.1 Å². The van der Waals surface area contributed by atoms with Crippen LogP contribution in [0.4, 0.5) is 26.3 Å². The lowest BCUT2D eigenvalue weighted by Crippen LogP contribution is -2.46. The molecule has 2 aromatic rings. The molecule has 0 bridgehead atoms. The van der Waals surface area contributed by atoms with Crippen LogP contribution in [0.15, 0.2) is 48.5 Å². The molecule has 3 N–H and O–H groups in total. The number of nitrogens with two attached hydrogens (primary N) is 1. The van der Waals surface area contributed by atoms with Crippen molar-refractivity contribution in [2.24, 2.45) is 5.73 Å². The molecule has 0 aliphatic rings. The average Bonchev–Trinajstić information content (AvgIpc) is 2.60. The second kappa shape index (κ2) is 7.91. The summed E-state index contributed by atoms with van der Waals surface area (Å²) in [7, 11) is 0. The zero-order valence-corrected chi connectivity index (χ0v) is 14.1. The molecule has 1 atom stereocenters. The first-order valence-corrected chi connectivity index (χ1v) is 7.81. The van der Waals surface area contributed by atoms with Crippen LogP contribution in [0.3, 0.4) is 0 Å². The van der Waals surface area contributed by atoms with E-state index in [0.717, 1.165) is 0 Å². The number of alkyl halides is 6. The van der Waals surface area contributed by atoms with E-state index in [1.165, 1.54) is 0 Å². The maximum atomic E-state index is 12.9. The third-order valence-corrected chi connectivity index (χ3v) is 3.78. The third-order valence-electron chi connectivity index (χ3n) is 3.78. The number of halogens is 6. The molecule has 0 aromatic heterocycles. The van der Waals surface area contributed by atoms with Crippen LogP contribution in [0.1, 0.15) is 27.0 Å². The number of hydrogen-bond donors (Lipinski definition) is 2. The highest BCUT2D eigenvalue weighted by Gasteiger charge is 2.37. The number of nitrogens with one attached hydrogen (secondary N) is 1. The van der Waals surface area contributed by atoms with Crippen LogP contribution in [0.5, 0.6) is 0 Å². The summed E-state index contributed by atoms with van der Waals surface area (Å²) in [6, 6.07) is 7.39. The molecule has 2 amide bonds. The van der Waals surface area contributed by atoms with Crippen molar-refractivity contribution in [1.82, 2.24) is 5.32 Å². The zero-order valence-electron chi connectivity index (χ0n) is 14.1. The van der Waals surface area contributed by atoms with Gasteiger partial charge in [0.2, 0.25) is 5.91 Å². The minimum absolute atomic E-state index is 0.0764. The van der Waals surface area contributed by atoms with Crippen LogP contribution >= 0.6 is 0 Å². The molecule has 1 unspecified atom stereocenters. The Labute approximate surface area is 155 Å². The molecule has 0 fully saturated rings. The minimum Gasteiger partial charge on any atom is -0.368 e. The topological polar surface area (TPSA) is 72.2 Å². The molecule has 0 spiro atoms. The van der Waals surface area contributed by atoms with Gasteiger partial charge in [0.15, 0.2) is 0 Å². The lowest BCUT2D eigenvalue weighted by Gasteiger charge is -2.18. The number of carbonyl (C=O) groups excluding carboxylic acids is 2. The first-order chi connectivity index (χ1) is 12.9. The molecular weight excluding hydrogens is 390 g/mol. The fourth-order valence-electron chi connectivity index (χ4n) is 2.40. The highest BCUT2D eigenvalue weighted by molar-refractivity contribution is 5.97. The largest absolute Gasteiger partial charge is 0.416 e. The van der Waals surface area contributed by atoms with E-state index in [-0.39, 0.29) is 24.6 Å². The zero-order chi connectivity index (χ0) is 21.1. The second-order valence-corrected chi connectivity index (χ2v) is 5.91. The Balaban J connectivity index is 2.34. The summed E-state index contributed by atoms with van der Waals surface area (Å²) in [6.45, 7) is 0. The van der Waals surface area contributed by atoms with E-state index in [1.807, 2.05) is 0 Å². The number of carbonyl (C=O) groups is 2. The van der Waals surface area contributed by atoms with Crippen molar-refractivity contribution in [1.29, 1.82) is 0 Å². The molecule has 28 heavy (non-hydrogen) atoms. The molecule has 0 aliphatic carbocycles. The van der Waals surface area contributed by atoms with Gasteiger partial charge < -0.3 is 11.1 Å². The van der Waals surface area contributed by atoms with E-state index in [1.54, 1.807) is 30.3 Å². The predicted molar refractivity (Wildman–Crippen MR) is 87.0 cm³/mol. The molecule has 2 rings (SSSR count). The quantitative estimate of drug-likeness (QED) is 0.749. The van der Waals surface area contributed by atoms with Crippen LogP contribution in [0.25, 0.3) is 0 Å². The fraction of sp³-hybridized carbons (Fsp3) is 0.222. The van der Waals surface area contributed by atoms with E-state index in [2.05, 4.69) is 5.32 Å². The molecule has 4 nitrogen and oxygen atoms in total. The summed E-state index contributed by atoms with van der Waals surface area (Å²) in [4.78, 5) is 23.8. The SMILES string of the molecule is NC(=O)C(Cc1ccccc1)NC(=O)c1cc(C(F)(F)F)cc(C(F)(F)F)c1. The molecule has 0 heterocycles. The van der Waals surface area contributed by atoms with Gasteiger partial charge in [-0.2, -0.15) is 26.3 Å². The van der Waals surface area contributed by atoms with Crippen molar-refractivity contribution < 1.29 is 35.9 Å². The van der Waals surface area contributed by atoms with Gasteiger partial charge in [0.05, 0.1) is 11.1 Å². The summed E-state index contributed by atoms with van der Waals surface area (Å²) in [6.07, 6.45) is -10.3. The normalized spacial score (nSPS) is 13.1. The molecule has 0 saturated heterocycles. The number of rotatable bonds is 5. The van der Waals surface area contributed by atoms with Gasteiger partial charge in [0, 0.05) is 12.0 Å². The molecule has 0 radical (unpaired) electrons. The van der Waals surface area contributed by atoms with Gasteiger partial charge in [-0.25, -0.2) is 0 Å². The van der Waals surface area contributed by atoms with Crippen molar-refractivity contribution >= 4 is 11.8 Å². The van der Waals surface area contributed by atoms with Crippen molar-refractivity contribution in [3.8, 4) is 0 Å². The summed E-state index contributed by atoms with van der Waals surface area (Å²) in [5.74, 6) is -2.27. The molecule has 0 aliphatic heterocycles. The highest BCUT2D eigenvalue weighted by atomic mass is 19.4. The first-order valence-electron chi connectivity index (χ1n) is 7.81. The van der Waals surface area contributed by atoms with Crippen molar-refractivity contribution in [3.63, 3.8) is 0 Å². The summed E-state index contributed by atoms with van der Waals surface area (Å²) in [5.41, 5.74) is 1.63. The van der Waals surface area contributed by atoms with Gasteiger partial charge in [-0.05, 0) is 23.8 Å². The van der Waals surface area contributed by atoms with Crippen molar-refractivity contribution in [2.45, 2.75) is 24.8 Å². The molecular formula is C18H14F6N2O2. The van der Waals surface area contributed by atoms with E-state index in [9.17, 15) is 35.9 Å². The average molecular weight is 404 g/mol. The summed E-state index contributed by atoms with van der Waals surface area (Å²) in [5, 5.41) is 2.09. The number of amides is 2. The summed E-state index contributed by atoms with van der Waals surface area (Å²) < 4.78 is 77.4. The van der Waals surface area contributed by atoms with Gasteiger partial charge in [-0.3, -0.25) is 9.59 Å². The Bertz CT molecular complexity index is 830. The van der Waals surface area contributed by atoms with Crippen LogP contribution in [0, 0.1) is 0 Å². The van der Waals surface area contributed by atoms with Gasteiger partial charge >= 0.3 is 12.4 Å². The Morgan fingerprint density at radius 2 is 1.39 bits per heavy atom. The predicted octanol–water partition coefficient (Wildman–Crippen LogP) is 3.55. The number of primary amides is 1. The Morgan fingerprint density at radius 1 is 0.893 bits per heavy atom. The van der Waals surface area contributed by atoms with Crippen LogP contribution in [-0.2, 0) is 23.6 Å². The van der Waals surface area contributed by atoms with E-state index in [0.29, 0.717) is 5.56 Å². The van der Waals surface area contributed by atoms with Crippen LogP contribution in [0.2, 0.25) is 0 Å².